The summed E-state index contributed by atoms with van der Waals surface area (Å²) in [7, 11) is 1.76. The molecule has 2 aliphatic heterocycles. The summed E-state index contributed by atoms with van der Waals surface area (Å²) < 4.78 is 5.15. The summed E-state index contributed by atoms with van der Waals surface area (Å²) >= 11 is 0. The molecule has 1 aromatic rings. The van der Waals surface area contributed by atoms with Gasteiger partial charge in [0, 0.05) is 39.2 Å². The van der Waals surface area contributed by atoms with Crippen molar-refractivity contribution in [1.82, 2.24) is 15.1 Å². The smallest absolute Gasteiger partial charge is 0.125 e. The second kappa shape index (κ2) is 8.37. The first-order valence-corrected chi connectivity index (χ1v) is 8.85. The zero-order valence-electron chi connectivity index (χ0n) is 14.2. The molecule has 0 spiro atoms. The minimum atomic E-state index is 0.260. The lowest BCUT2D eigenvalue weighted by Gasteiger charge is -2.27. The van der Waals surface area contributed by atoms with Gasteiger partial charge in [-0.05, 0) is 43.5 Å². The fourth-order valence-electron chi connectivity index (χ4n) is 3.48. The molecule has 126 valence electrons. The van der Waals surface area contributed by atoms with Gasteiger partial charge in [-0.15, -0.1) is 0 Å². The number of piperidine rings is 1. The van der Waals surface area contributed by atoms with Gasteiger partial charge in [-0.25, -0.2) is 0 Å². The van der Waals surface area contributed by atoms with Crippen molar-refractivity contribution in [2.75, 3.05) is 33.4 Å². The molecule has 0 amide bonds. The third-order valence-electron chi connectivity index (χ3n) is 4.77. The summed E-state index contributed by atoms with van der Waals surface area (Å²) in [6.07, 6.45) is 9.59. The molecule has 1 atom stereocenters. The zero-order chi connectivity index (χ0) is 15.9. The highest BCUT2D eigenvalue weighted by Gasteiger charge is 2.20. The van der Waals surface area contributed by atoms with E-state index in [2.05, 4.69) is 45.6 Å². The molecule has 1 N–H and O–H groups in total. The van der Waals surface area contributed by atoms with Crippen molar-refractivity contribution < 1.29 is 4.74 Å². The van der Waals surface area contributed by atoms with Gasteiger partial charge in [0.05, 0.1) is 0 Å². The molecule has 4 heteroatoms. The van der Waals surface area contributed by atoms with Crippen molar-refractivity contribution in [2.24, 2.45) is 0 Å². The first-order valence-electron chi connectivity index (χ1n) is 8.85. The maximum atomic E-state index is 5.15. The molecule has 0 radical (unpaired) electrons. The number of rotatable bonds is 7. The summed E-state index contributed by atoms with van der Waals surface area (Å²) in [4.78, 5) is 4.92. The molecule has 0 saturated carbocycles. The van der Waals surface area contributed by atoms with E-state index < -0.39 is 0 Å². The van der Waals surface area contributed by atoms with Gasteiger partial charge in [-0.2, -0.15) is 0 Å². The van der Waals surface area contributed by atoms with Gasteiger partial charge >= 0.3 is 0 Å². The van der Waals surface area contributed by atoms with E-state index in [-0.39, 0.29) is 6.17 Å². The molecule has 0 aliphatic carbocycles. The minimum Gasteiger partial charge on any atom is -0.385 e. The van der Waals surface area contributed by atoms with Crippen molar-refractivity contribution in [3.8, 4) is 0 Å². The number of benzene rings is 1. The predicted octanol–water partition coefficient (Wildman–Crippen LogP) is 3.08. The molecule has 0 bridgehead atoms. The highest BCUT2D eigenvalue weighted by Crippen LogP contribution is 2.23. The Bertz CT molecular complexity index is 494. The molecular formula is C19H29N3O. The van der Waals surface area contributed by atoms with Crippen molar-refractivity contribution >= 4 is 0 Å². The van der Waals surface area contributed by atoms with Crippen LogP contribution in [-0.2, 0) is 11.3 Å². The molecule has 1 fully saturated rings. The number of ether oxygens (including phenoxy) is 1. The van der Waals surface area contributed by atoms with E-state index in [0.717, 1.165) is 26.1 Å². The zero-order valence-corrected chi connectivity index (χ0v) is 14.2. The summed E-state index contributed by atoms with van der Waals surface area (Å²) in [5, 5.41) is 3.44. The summed E-state index contributed by atoms with van der Waals surface area (Å²) in [5.74, 6) is 0. The Morgan fingerprint density at radius 3 is 2.65 bits per heavy atom. The quantitative estimate of drug-likeness (QED) is 0.783. The van der Waals surface area contributed by atoms with E-state index >= 15 is 0 Å². The maximum absolute atomic E-state index is 5.15. The number of hydrogen-bond acceptors (Lipinski definition) is 4. The molecule has 1 aromatic carbocycles. The van der Waals surface area contributed by atoms with Gasteiger partial charge in [0.1, 0.15) is 6.17 Å². The van der Waals surface area contributed by atoms with E-state index in [9.17, 15) is 0 Å². The van der Waals surface area contributed by atoms with Crippen LogP contribution in [0.2, 0.25) is 0 Å². The topological polar surface area (TPSA) is 27.7 Å². The summed E-state index contributed by atoms with van der Waals surface area (Å²) in [6.45, 7) is 5.42. The Labute approximate surface area is 140 Å². The lowest BCUT2D eigenvalue weighted by molar-refractivity contribution is 0.174. The van der Waals surface area contributed by atoms with Gasteiger partial charge in [0.15, 0.2) is 0 Å². The van der Waals surface area contributed by atoms with Crippen LogP contribution in [-0.4, -0.2) is 43.2 Å². The largest absolute Gasteiger partial charge is 0.385 e. The average molecular weight is 315 g/mol. The summed E-state index contributed by atoms with van der Waals surface area (Å²) in [6, 6.07) is 9.12. The molecular weight excluding hydrogens is 286 g/mol. The average Bonchev–Trinajstić information content (AvgIpc) is 3.05. The van der Waals surface area contributed by atoms with Crippen LogP contribution in [0.15, 0.2) is 36.7 Å². The van der Waals surface area contributed by atoms with E-state index in [1.54, 1.807) is 7.11 Å². The van der Waals surface area contributed by atoms with Crippen LogP contribution in [0.25, 0.3) is 0 Å². The van der Waals surface area contributed by atoms with E-state index in [1.807, 2.05) is 6.20 Å². The van der Waals surface area contributed by atoms with E-state index in [0.29, 0.717) is 0 Å². The molecule has 2 aliphatic rings. The minimum absolute atomic E-state index is 0.260. The highest BCUT2D eigenvalue weighted by molar-refractivity contribution is 5.26. The van der Waals surface area contributed by atoms with Gasteiger partial charge in [-0.1, -0.05) is 30.7 Å². The first kappa shape index (κ1) is 16.3. The number of hydrogen-bond donors (Lipinski definition) is 1. The molecule has 3 rings (SSSR count). The SMILES string of the molecule is COCCCN1C=CNC1c1ccc(CN2CCCCC2)cc1. The number of nitrogens with zero attached hydrogens (tertiary/aromatic N) is 2. The highest BCUT2D eigenvalue weighted by atomic mass is 16.5. The van der Waals surface area contributed by atoms with Gasteiger partial charge in [0.25, 0.3) is 0 Å². The monoisotopic (exact) mass is 315 g/mol. The second-order valence-electron chi connectivity index (χ2n) is 6.55. The van der Waals surface area contributed by atoms with Gasteiger partial charge in [0.2, 0.25) is 0 Å². The molecule has 2 heterocycles. The predicted molar refractivity (Wildman–Crippen MR) is 93.8 cm³/mol. The lowest BCUT2D eigenvalue weighted by Crippen LogP contribution is -2.29. The number of likely N-dealkylation sites (tertiary alicyclic amines) is 1. The Hall–Kier alpha value is -1.52. The second-order valence-corrected chi connectivity index (χ2v) is 6.55. The number of methoxy groups -OCH3 is 1. The molecule has 23 heavy (non-hydrogen) atoms. The van der Waals surface area contributed by atoms with Crippen molar-refractivity contribution in [1.29, 1.82) is 0 Å². The van der Waals surface area contributed by atoms with Crippen molar-refractivity contribution in [3.05, 3.63) is 47.8 Å². The first-order chi connectivity index (χ1) is 11.4. The summed E-state index contributed by atoms with van der Waals surface area (Å²) in [5.41, 5.74) is 2.75. The van der Waals surface area contributed by atoms with Crippen LogP contribution in [0.3, 0.4) is 0 Å². The Kier molecular flexibility index (Phi) is 5.94. The van der Waals surface area contributed by atoms with Crippen molar-refractivity contribution in [2.45, 2.75) is 38.4 Å². The third kappa shape index (κ3) is 4.49. The molecule has 4 nitrogen and oxygen atoms in total. The van der Waals surface area contributed by atoms with Crippen LogP contribution in [0.4, 0.5) is 0 Å². The Morgan fingerprint density at radius 1 is 1.13 bits per heavy atom. The fourth-order valence-corrected chi connectivity index (χ4v) is 3.48. The van der Waals surface area contributed by atoms with Gasteiger partial charge in [-0.3, -0.25) is 4.90 Å². The number of nitrogens with one attached hydrogen (secondary N) is 1. The van der Waals surface area contributed by atoms with Crippen LogP contribution in [0, 0.1) is 0 Å². The Balaban J connectivity index is 1.55. The van der Waals surface area contributed by atoms with Crippen LogP contribution in [0.1, 0.15) is 43.0 Å². The fraction of sp³-hybridized carbons (Fsp3) is 0.579. The van der Waals surface area contributed by atoms with Crippen LogP contribution < -0.4 is 5.32 Å². The van der Waals surface area contributed by atoms with E-state index in [1.165, 1.54) is 43.5 Å². The molecule has 1 unspecified atom stereocenters. The van der Waals surface area contributed by atoms with Crippen molar-refractivity contribution in [3.63, 3.8) is 0 Å². The van der Waals surface area contributed by atoms with Crippen LogP contribution >= 0.6 is 0 Å². The lowest BCUT2D eigenvalue weighted by atomic mass is 10.1. The van der Waals surface area contributed by atoms with Crippen LogP contribution in [0.5, 0.6) is 0 Å². The molecule has 0 aromatic heterocycles. The third-order valence-corrected chi connectivity index (χ3v) is 4.77. The van der Waals surface area contributed by atoms with E-state index in [4.69, 9.17) is 4.74 Å². The maximum Gasteiger partial charge on any atom is 0.125 e. The standard InChI is InChI=1S/C19H29N3O/c1-23-15-5-13-22-14-10-20-19(22)18-8-6-17(7-9-18)16-21-11-3-2-4-12-21/h6-10,14,19-20H,2-5,11-13,15-16H2,1H3. The van der Waals surface area contributed by atoms with Gasteiger partial charge < -0.3 is 15.0 Å². The Morgan fingerprint density at radius 2 is 1.91 bits per heavy atom. The normalized spacial score (nSPS) is 21.6. The molecule has 1 saturated heterocycles.